The Morgan fingerprint density at radius 3 is 2.67 bits per heavy atom. The van der Waals surface area contributed by atoms with E-state index in [1.807, 2.05) is 0 Å². The molecule has 0 atom stereocenters. The fraction of sp³-hybridized carbons (Fsp3) is 0. The van der Waals surface area contributed by atoms with E-state index in [9.17, 15) is 0 Å². The van der Waals surface area contributed by atoms with Crippen LogP contribution in [0, 0.1) is 0 Å². The van der Waals surface area contributed by atoms with Crippen LogP contribution in [0.1, 0.15) is 0 Å². The molecule has 0 radical (unpaired) electrons. The fourth-order valence-electron chi connectivity index (χ4n) is 0.135. The van der Waals surface area contributed by atoms with Gasteiger partial charge >= 0.3 is 0 Å². The van der Waals surface area contributed by atoms with Crippen LogP contribution in [-0.4, -0.2) is 5.11 Å². The Balaban J connectivity index is 2.45. The predicted octanol–water partition coefficient (Wildman–Crippen LogP) is 2.39. The number of aliphatic hydroxyl groups excluding tert-OH is 1. The first kappa shape index (κ1) is 4.74. The summed E-state index contributed by atoms with van der Waals surface area (Å²) in [4.78, 5) is 0. The molecule has 0 bridgehead atoms. The second-order valence-electron chi connectivity index (χ2n) is 0.704. The van der Waals surface area contributed by atoms with Crippen molar-refractivity contribution in [3.05, 3.63) is 10.5 Å². The molecule has 0 saturated heterocycles. The highest BCUT2D eigenvalue weighted by Gasteiger charge is 2.01. The molecule has 0 aliphatic carbocycles. The molecule has 0 unspecified atom stereocenters. The summed E-state index contributed by atoms with van der Waals surface area (Å²) in [7, 11) is 4.52. The van der Waals surface area contributed by atoms with Crippen molar-refractivity contribution in [2.45, 2.75) is 0 Å². The topological polar surface area (TPSA) is 20.2 Å². The zero-order valence-electron chi connectivity index (χ0n) is 2.75. The molecule has 0 aromatic carbocycles. The second-order valence-corrected chi connectivity index (χ2v) is 4.56. The van der Waals surface area contributed by atoms with Gasteiger partial charge in [0.05, 0.1) is 0 Å². The van der Waals surface area contributed by atoms with Crippen LogP contribution in [0.15, 0.2) is 10.5 Å². The van der Waals surface area contributed by atoms with Crippen LogP contribution >= 0.6 is 31.4 Å². The fourth-order valence-corrected chi connectivity index (χ4v) is 3.26. The van der Waals surface area contributed by atoms with E-state index in [1.165, 1.54) is 10.8 Å². The van der Waals surface area contributed by atoms with Crippen molar-refractivity contribution in [1.29, 1.82) is 0 Å². The van der Waals surface area contributed by atoms with Crippen LogP contribution in [-0.2, 0) is 0 Å². The lowest BCUT2D eigenvalue weighted by atomic mass is 11.1. The van der Waals surface area contributed by atoms with E-state index in [0.717, 1.165) is 0 Å². The molecule has 6 heavy (non-hydrogen) atoms. The van der Waals surface area contributed by atoms with Gasteiger partial charge in [-0.05, 0) is 31.4 Å². The Morgan fingerprint density at radius 1 is 1.67 bits per heavy atom. The number of aliphatic hydroxyl groups is 1. The summed E-state index contributed by atoms with van der Waals surface area (Å²) in [5.74, 6) is 0. The highest BCUT2D eigenvalue weighted by atomic mass is 33.5. The minimum absolute atomic E-state index is 0.421. The average Bonchev–Trinajstić information content (AvgIpc) is 1.86. The van der Waals surface area contributed by atoms with Crippen molar-refractivity contribution in [3.63, 3.8) is 0 Å². The minimum atomic E-state index is 0.421. The largest absolute Gasteiger partial charge is 0.501 e. The van der Waals surface area contributed by atoms with Gasteiger partial charge in [-0.15, -0.1) is 0 Å². The van der Waals surface area contributed by atoms with E-state index in [2.05, 4.69) is 0 Å². The van der Waals surface area contributed by atoms with Gasteiger partial charge in [-0.1, -0.05) is 0 Å². The van der Waals surface area contributed by atoms with Crippen LogP contribution in [0.5, 0.6) is 0 Å². The molecule has 0 fully saturated rings. The number of rotatable bonds is 0. The standard InChI is InChI=1S/C2H2OS3/c3-2-1-4-6-5-2/h1,3H. The van der Waals surface area contributed by atoms with E-state index in [1.54, 1.807) is 26.0 Å². The van der Waals surface area contributed by atoms with E-state index in [4.69, 9.17) is 5.11 Å². The van der Waals surface area contributed by atoms with Crippen molar-refractivity contribution in [2.24, 2.45) is 0 Å². The summed E-state index contributed by atoms with van der Waals surface area (Å²) >= 11 is 0. The van der Waals surface area contributed by atoms with Crippen molar-refractivity contribution >= 4 is 31.4 Å². The molecule has 1 aliphatic rings. The third-order valence-corrected chi connectivity index (χ3v) is 3.77. The molecule has 0 amide bonds. The minimum Gasteiger partial charge on any atom is -0.501 e. The maximum absolute atomic E-state index is 8.51. The molecule has 1 heterocycles. The third-order valence-electron chi connectivity index (χ3n) is 0.308. The first-order chi connectivity index (χ1) is 2.89. The van der Waals surface area contributed by atoms with Gasteiger partial charge in [0.25, 0.3) is 0 Å². The maximum atomic E-state index is 8.51. The zero-order valence-corrected chi connectivity index (χ0v) is 5.20. The van der Waals surface area contributed by atoms with Gasteiger partial charge < -0.3 is 5.11 Å². The van der Waals surface area contributed by atoms with Gasteiger partial charge in [-0.25, -0.2) is 0 Å². The third kappa shape index (κ3) is 1.03. The SMILES string of the molecule is OC1=CSSS1. The Bertz CT molecular complexity index is 78.9. The van der Waals surface area contributed by atoms with Gasteiger partial charge in [-0.3, -0.25) is 0 Å². The van der Waals surface area contributed by atoms with Crippen LogP contribution in [0.2, 0.25) is 0 Å². The Kier molecular flexibility index (Phi) is 1.62. The molecule has 0 saturated carbocycles. The van der Waals surface area contributed by atoms with Gasteiger partial charge in [0.2, 0.25) is 0 Å². The van der Waals surface area contributed by atoms with Gasteiger partial charge in [-0.2, -0.15) is 0 Å². The maximum Gasteiger partial charge on any atom is 0.168 e. The quantitative estimate of drug-likeness (QED) is 0.518. The molecule has 1 rings (SSSR count). The van der Waals surface area contributed by atoms with Crippen molar-refractivity contribution in [2.75, 3.05) is 0 Å². The van der Waals surface area contributed by atoms with Crippen LogP contribution in [0.3, 0.4) is 0 Å². The van der Waals surface area contributed by atoms with E-state index < -0.39 is 0 Å². The molecule has 1 aliphatic heterocycles. The van der Waals surface area contributed by atoms with Crippen molar-refractivity contribution in [1.82, 2.24) is 0 Å². The van der Waals surface area contributed by atoms with E-state index in [0.29, 0.717) is 5.09 Å². The van der Waals surface area contributed by atoms with Gasteiger partial charge in [0.1, 0.15) is 0 Å². The first-order valence-electron chi connectivity index (χ1n) is 1.29. The molecule has 1 N–H and O–H groups in total. The first-order valence-corrected chi connectivity index (χ1v) is 4.83. The highest BCUT2D eigenvalue weighted by molar-refractivity contribution is 9.11. The average molecular weight is 138 g/mol. The van der Waals surface area contributed by atoms with Crippen LogP contribution < -0.4 is 0 Å². The zero-order chi connectivity index (χ0) is 4.41. The van der Waals surface area contributed by atoms with E-state index in [-0.39, 0.29) is 0 Å². The smallest absolute Gasteiger partial charge is 0.168 e. The molecule has 0 aromatic heterocycles. The molecule has 1 nitrogen and oxygen atoms in total. The normalized spacial score (nSPS) is 21.0. The summed E-state index contributed by atoms with van der Waals surface area (Å²) in [5.41, 5.74) is 0. The molecular weight excluding hydrogens is 136 g/mol. The van der Waals surface area contributed by atoms with Gasteiger partial charge in [0, 0.05) is 5.41 Å². The van der Waals surface area contributed by atoms with Crippen LogP contribution in [0.25, 0.3) is 0 Å². The number of hydrogen-bond acceptors (Lipinski definition) is 4. The van der Waals surface area contributed by atoms with Crippen molar-refractivity contribution < 1.29 is 5.11 Å². The second kappa shape index (κ2) is 2.04. The Labute approximate surface area is 47.4 Å². The summed E-state index contributed by atoms with van der Waals surface area (Å²) in [6.07, 6.45) is 0. The highest BCUT2D eigenvalue weighted by Crippen LogP contribution is 2.46. The summed E-state index contributed by atoms with van der Waals surface area (Å²) in [5, 5.41) is 10.7. The monoisotopic (exact) mass is 138 g/mol. The molecule has 4 heteroatoms. The van der Waals surface area contributed by atoms with E-state index >= 15 is 0 Å². The lowest BCUT2D eigenvalue weighted by molar-refractivity contribution is 0.459. The molecular formula is C2H2OS3. The van der Waals surface area contributed by atoms with Crippen molar-refractivity contribution in [3.8, 4) is 0 Å². The molecule has 0 spiro atoms. The Morgan fingerprint density at radius 2 is 2.50 bits per heavy atom. The summed E-state index contributed by atoms with van der Waals surface area (Å²) in [6.45, 7) is 0. The van der Waals surface area contributed by atoms with Gasteiger partial charge in [0.15, 0.2) is 5.09 Å². The summed E-state index contributed by atoms with van der Waals surface area (Å²) in [6, 6.07) is 0. The molecule has 34 valence electrons. The predicted molar refractivity (Wildman–Crippen MR) is 33.5 cm³/mol. The lowest BCUT2D eigenvalue weighted by Crippen LogP contribution is -1.54. The van der Waals surface area contributed by atoms with Crippen LogP contribution in [0.4, 0.5) is 0 Å². The Hall–Kier alpha value is 0.590. The molecule has 0 aromatic rings. The lowest BCUT2D eigenvalue weighted by Gasteiger charge is -1.76. The summed E-state index contributed by atoms with van der Waals surface area (Å²) < 4.78 is 0. The number of hydrogen-bond donors (Lipinski definition) is 1.